The zero-order valence-corrected chi connectivity index (χ0v) is 13.4. The average Bonchev–Trinajstić information content (AvgIpc) is 2.47. The van der Waals surface area contributed by atoms with Gasteiger partial charge in [-0.25, -0.2) is 0 Å². The summed E-state index contributed by atoms with van der Waals surface area (Å²) in [5.74, 6) is 1.59. The molecule has 20 heavy (non-hydrogen) atoms. The number of hydrogen-bond donors (Lipinski definition) is 1. The summed E-state index contributed by atoms with van der Waals surface area (Å²) in [6.45, 7) is 6.34. The summed E-state index contributed by atoms with van der Waals surface area (Å²) in [5.41, 5.74) is 7.13. The summed E-state index contributed by atoms with van der Waals surface area (Å²) < 4.78 is 5.43. The molecule has 1 aromatic rings. The van der Waals surface area contributed by atoms with Crippen molar-refractivity contribution in [2.24, 2.45) is 11.7 Å². The number of hydrogen-bond acceptors (Lipinski definition) is 3. The van der Waals surface area contributed by atoms with Crippen LogP contribution in [0.2, 0.25) is 0 Å². The van der Waals surface area contributed by atoms with E-state index >= 15 is 0 Å². The number of nitrogens with zero attached hydrogens (tertiary/aromatic N) is 1. The van der Waals surface area contributed by atoms with Crippen molar-refractivity contribution in [3.8, 4) is 5.75 Å². The largest absolute Gasteiger partial charge is 0.496 e. The van der Waals surface area contributed by atoms with Gasteiger partial charge in [0.1, 0.15) is 5.75 Å². The molecule has 1 aromatic carbocycles. The van der Waals surface area contributed by atoms with Gasteiger partial charge < -0.3 is 15.4 Å². The molecule has 3 heteroatoms. The topological polar surface area (TPSA) is 38.5 Å². The van der Waals surface area contributed by atoms with E-state index in [1.54, 1.807) is 7.11 Å². The first kappa shape index (κ1) is 17.0. The molecule has 2 atom stereocenters. The second-order valence-corrected chi connectivity index (χ2v) is 5.69. The molecular formula is C17H30N2O. The zero-order valence-electron chi connectivity index (χ0n) is 13.4. The molecule has 114 valence electrons. The number of ether oxygens (including phenoxy) is 1. The molecule has 0 amide bonds. The Morgan fingerprint density at radius 3 is 2.60 bits per heavy atom. The van der Waals surface area contributed by atoms with Crippen LogP contribution in [0.1, 0.15) is 32.3 Å². The molecule has 0 aliphatic rings. The van der Waals surface area contributed by atoms with E-state index in [9.17, 15) is 0 Å². The highest BCUT2D eigenvalue weighted by atomic mass is 16.5. The number of likely N-dealkylation sites (N-methyl/N-ethyl adjacent to an activating group) is 1. The van der Waals surface area contributed by atoms with Crippen LogP contribution in [-0.4, -0.2) is 38.2 Å². The van der Waals surface area contributed by atoms with Crippen LogP contribution in [0, 0.1) is 5.92 Å². The number of methoxy groups -OCH3 is 1. The minimum atomic E-state index is 0.484. The third-order valence-electron chi connectivity index (χ3n) is 4.04. The van der Waals surface area contributed by atoms with Gasteiger partial charge in [0.05, 0.1) is 7.11 Å². The molecule has 2 unspecified atom stereocenters. The lowest BCUT2D eigenvalue weighted by atomic mass is 10.0. The van der Waals surface area contributed by atoms with Gasteiger partial charge in [0.25, 0.3) is 0 Å². The van der Waals surface area contributed by atoms with E-state index in [4.69, 9.17) is 10.5 Å². The van der Waals surface area contributed by atoms with Crippen molar-refractivity contribution in [3.63, 3.8) is 0 Å². The van der Waals surface area contributed by atoms with Crippen LogP contribution in [-0.2, 0) is 6.42 Å². The van der Waals surface area contributed by atoms with E-state index in [0.717, 1.165) is 25.3 Å². The predicted octanol–water partition coefficient (Wildman–Crippen LogP) is 2.93. The second-order valence-electron chi connectivity index (χ2n) is 5.69. The van der Waals surface area contributed by atoms with Gasteiger partial charge in [0.15, 0.2) is 0 Å². The summed E-state index contributed by atoms with van der Waals surface area (Å²) in [7, 11) is 3.93. The standard InChI is InChI=1S/C17H30N2O/c1-5-8-15(12-18)13-19(3)14(2)11-16-9-6-7-10-17(16)20-4/h6-7,9-10,14-15H,5,8,11-13,18H2,1-4H3. The van der Waals surface area contributed by atoms with Gasteiger partial charge in [-0.05, 0) is 50.9 Å². The Morgan fingerprint density at radius 1 is 1.30 bits per heavy atom. The first-order chi connectivity index (χ1) is 9.62. The van der Waals surface area contributed by atoms with Crippen molar-refractivity contribution in [3.05, 3.63) is 29.8 Å². The Balaban J connectivity index is 2.58. The Labute approximate surface area is 124 Å². The Morgan fingerprint density at radius 2 is 2.00 bits per heavy atom. The van der Waals surface area contributed by atoms with Crippen molar-refractivity contribution in [1.82, 2.24) is 4.90 Å². The Bertz CT molecular complexity index is 381. The van der Waals surface area contributed by atoms with Gasteiger partial charge in [-0.2, -0.15) is 0 Å². The molecule has 0 aromatic heterocycles. The molecule has 0 aliphatic heterocycles. The van der Waals surface area contributed by atoms with Gasteiger partial charge in [0.2, 0.25) is 0 Å². The Kier molecular flexibility index (Phi) is 7.63. The number of nitrogens with two attached hydrogens (primary N) is 1. The molecule has 0 radical (unpaired) electrons. The fourth-order valence-corrected chi connectivity index (χ4v) is 2.62. The van der Waals surface area contributed by atoms with Crippen molar-refractivity contribution in [2.75, 3.05) is 27.2 Å². The van der Waals surface area contributed by atoms with Gasteiger partial charge in [-0.1, -0.05) is 31.5 Å². The maximum Gasteiger partial charge on any atom is 0.122 e. The van der Waals surface area contributed by atoms with Crippen LogP contribution in [0.4, 0.5) is 0 Å². The van der Waals surface area contributed by atoms with Crippen molar-refractivity contribution < 1.29 is 4.74 Å². The fraction of sp³-hybridized carbons (Fsp3) is 0.647. The monoisotopic (exact) mass is 278 g/mol. The van der Waals surface area contributed by atoms with Crippen LogP contribution < -0.4 is 10.5 Å². The normalized spacial score (nSPS) is 14.3. The molecule has 0 heterocycles. The van der Waals surface area contributed by atoms with Crippen LogP contribution >= 0.6 is 0 Å². The number of rotatable bonds is 9. The average molecular weight is 278 g/mol. The van der Waals surface area contributed by atoms with Crippen LogP contribution in [0.25, 0.3) is 0 Å². The quantitative estimate of drug-likeness (QED) is 0.755. The molecule has 0 bridgehead atoms. The number of para-hydroxylation sites is 1. The van der Waals surface area contributed by atoms with Gasteiger partial charge >= 0.3 is 0 Å². The third-order valence-corrected chi connectivity index (χ3v) is 4.04. The van der Waals surface area contributed by atoms with Crippen molar-refractivity contribution >= 4 is 0 Å². The molecule has 0 fully saturated rings. The maximum atomic E-state index is 5.86. The minimum absolute atomic E-state index is 0.484. The lowest BCUT2D eigenvalue weighted by Gasteiger charge is -2.29. The molecule has 0 saturated heterocycles. The fourth-order valence-electron chi connectivity index (χ4n) is 2.62. The van der Waals surface area contributed by atoms with E-state index in [-0.39, 0.29) is 0 Å². The molecule has 1 rings (SSSR count). The Hall–Kier alpha value is -1.06. The van der Waals surface area contributed by atoms with Crippen LogP contribution in [0.15, 0.2) is 24.3 Å². The number of benzene rings is 1. The summed E-state index contributed by atoms with van der Waals surface area (Å²) in [4.78, 5) is 2.42. The minimum Gasteiger partial charge on any atom is -0.496 e. The van der Waals surface area contributed by atoms with E-state index in [2.05, 4.69) is 37.9 Å². The van der Waals surface area contributed by atoms with Gasteiger partial charge in [0, 0.05) is 12.6 Å². The van der Waals surface area contributed by atoms with Crippen LogP contribution in [0.3, 0.4) is 0 Å². The second kappa shape index (κ2) is 8.98. The molecule has 0 saturated carbocycles. The van der Waals surface area contributed by atoms with Crippen LogP contribution in [0.5, 0.6) is 5.75 Å². The van der Waals surface area contributed by atoms with Crippen molar-refractivity contribution in [1.29, 1.82) is 0 Å². The van der Waals surface area contributed by atoms with Crippen molar-refractivity contribution in [2.45, 2.75) is 39.2 Å². The summed E-state index contributed by atoms with van der Waals surface area (Å²) >= 11 is 0. The molecular weight excluding hydrogens is 248 g/mol. The van der Waals surface area contributed by atoms with E-state index in [0.29, 0.717) is 12.0 Å². The highest BCUT2D eigenvalue weighted by Crippen LogP contribution is 2.20. The third kappa shape index (κ3) is 5.14. The maximum absolute atomic E-state index is 5.86. The first-order valence-electron chi connectivity index (χ1n) is 7.64. The highest BCUT2D eigenvalue weighted by molar-refractivity contribution is 5.33. The summed E-state index contributed by atoms with van der Waals surface area (Å²) in [6, 6.07) is 8.75. The summed E-state index contributed by atoms with van der Waals surface area (Å²) in [5, 5.41) is 0. The van der Waals surface area contributed by atoms with Gasteiger partial charge in [-0.3, -0.25) is 0 Å². The SMILES string of the molecule is CCCC(CN)CN(C)C(C)Cc1ccccc1OC. The highest BCUT2D eigenvalue weighted by Gasteiger charge is 2.16. The zero-order chi connectivity index (χ0) is 15.0. The molecule has 3 nitrogen and oxygen atoms in total. The molecule has 0 aliphatic carbocycles. The summed E-state index contributed by atoms with van der Waals surface area (Å²) in [6.07, 6.45) is 3.42. The smallest absolute Gasteiger partial charge is 0.122 e. The lowest BCUT2D eigenvalue weighted by Crippen LogP contribution is -2.37. The van der Waals surface area contributed by atoms with Gasteiger partial charge in [-0.15, -0.1) is 0 Å². The van der Waals surface area contributed by atoms with E-state index < -0.39 is 0 Å². The molecule has 2 N–H and O–H groups in total. The molecule has 0 spiro atoms. The lowest BCUT2D eigenvalue weighted by molar-refractivity contribution is 0.212. The van der Waals surface area contributed by atoms with E-state index in [1.807, 2.05) is 12.1 Å². The predicted molar refractivity (Wildman–Crippen MR) is 86.2 cm³/mol. The first-order valence-corrected chi connectivity index (χ1v) is 7.64. The van der Waals surface area contributed by atoms with E-state index in [1.165, 1.54) is 18.4 Å².